The molecule has 1 aliphatic rings. The lowest BCUT2D eigenvalue weighted by Gasteiger charge is -2.32. The molecule has 0 aliphatic carbocycles. The highest BCUT2D eigenvalue weighted by atomic mass is 35.5. The minimum Gasteiger partial charge on any atom is -0.465 e. The van der Waals surface area contributed by atoms with Gasteiger partial charge in [0.1, 0.15) is 11.1 Å². The molecular formula is C14H16ClN3O3. The van der Waals surface area contributed by atoms with Crippen molar-refractivity contribution in [2.75, 3.05) is 6.61 Å². The maximum atomic E-state index is 12.5. The average Bonchev–Trinajstić information content (AvgIpc) is 2.68. The summed E-state index contributed by atoms with van der Waals surface area (Å²) in [6.07, 6.45) is 3.04. The van der Waals surface area contributed by atoms with Gasteiger partial charge < -0.3 is 4.74 Å². The van der Waals surface area contributed by atoms with E-state index in [4.69, 9.17) is 16.3 Å². The van der Waals surface area contributed by atoms with Gasteiger partial charge >= 0.3 is 5.97 Å². The standard InChI is InChI=1S/C14H16ClN3O3/c1-4-21-13(20)10-11(15)17-18(14(10,2)3)12(19)9-5-7-16-8-6-9/h5-8,10H,4H2,1-3H3. The molecule has 2 heterocycles. The minimum atomic E-state index is -0.899. The Kier molecular flexibility index (Phi) is 4.27. The zero-order chi connectivity index (χ0) is 15.6. The Bertz CT molecular complexity index is 586. The van der Waals surface area contributed by atoms with Gasteiger partial charge in [-0.25, -0.2) is 5.01 Å². The second-order valence-corrected chi connectivity index (χ2v) is 5.50. The van der Waals surface area contributed by atoms with Crippen LogP contribution in [0.2, 0.25) is 0 Å². The van der Waals surface area contributed by atoms with Gasteiger partial charge in [-0.2, -0.15) is 5.10 Å². The Morgan fingerprint density at radius 1 is 1.38 bits per heavy atom. The molecule has 21 heavy (non-hydrogen) atoms. The third kappa shape index (κ3) is 2.76. The molecule has 7 heteroatoms. The molecule has 1 atom stereocenters. The van der Waals surface area contributed by atoms with Crippen LogP contribution in [0.15, 0.2) is 29.6 Å². The third-order valence-electron chi connectivity index (χ3n) is 3.33. The number of pyridine rings is 1. The van der Waals surface area contributed by atoms with E-state index in [1.165, 1.54) is 17.4 Å². The molecule has 0 fully saturated rings. The fraction of sp³-hybridized carbons (Fsp3) is 0.429. The van der Waals surface area contributed by atoms with Crippen molar-refractivity contribution in [2.24, 2.45) is 11.0 Å². The SMILES string of the molecule is CCOC(=O)C1C(Cl)=NN(C(=O)c2ccncc2)C1(C)C. The maximum Gasteiger partial charge on any atom is 0.318 e. The number of hydrogen-bond acceptors (Lipinski definition) is 5. The molecule has 1 aromatic rings. The van der Waals surface area contributed by atoms with Crippen molar-refractivity contribution in [1.29, 1.82) is 0 Å². The maximum absolute atomic E-state index is 12.5. The number of nitrogens with zero attached hydrogens (tertiary/aromatic N) is 3. The molecule has 0 N–H and O–H groups in total. The van der Waals surface area contributed by atoms with E-state index < -0.39 is 17.4 Å². The fourth-order valence-corrected chi connectivity index (χ4v) is 2.66. The number of aromatic nitrogens is 1. The van der Waals surface area contributed by atoms with Gasteiger partial charge in [0.25, 0.3) is 5.91 Å². The smallest absolute Gasteiger partial charge is 0.318 e. The van der Waals surface area contributed by atoms with Crippen LogP contribution < -0.4 is 0 Å². The van der Waals surface area contributed by atoms with Crippen molar-refractivity contribution in [1.82, 2.24) is 9.99 Å². The van der Waals surface area contributed by atoms with Gasteiger partial charge in [-0.15, -0.1) is 0 Å². The van der Waals surface area contributed by atoms with Crippen LogP contribution in [0.3, 0.4) is 0 Å². The number of carbonyl (C=O) groups excluding carboxylic acids is 2. The summed E-state index contributed by atoms with van der Waals surface area (Å²) in [6, 6.07) is 3.17. The van der Waals surface area contributed by atoms with Crippen LogP contribution in [0.4, 0.5) is 0 Å². The molecule has 0 radical (unpaired) electrons. The van der Waals surface area contributed by atoms with Crippen molar-refractivity contribution in [3.63, 3.8) is 0 Å². The summed E-state index contributed by atoms with van der Waals surface area (Å²) in [5.41, 5.74) is -0.472. The Morgan fingerprint density at radius 3 is 2.57 bits per heavy atom. The third-order valence-corrected chi connectivity index (χ3v) is 3.62. The zero-order valence-electron chi connectivity index (χ0n) is 12.0. The molecule has 1 amide bonds. The Hall–Kier alpha value is -1.95. The molecule has 0 saturated heterocycles. The van der Waals surface area contributed by atoms with Crippen LogP contribution in [0.25, 0.3) is 0 Å². The summed E-state index contributed by atoms with van der Waals surface area (Å²) in [5, 5.41) is 5.33. The number of amides is 1. The molecule has 6 nitrogen and oxygen atoms in total. The van der Waals surface area contributed by atoms with E-state index in [-0.39, 0.29) is 17.7 Å². The summed E-state index contributed by atoms with van der Waals surface area (Å²) in [6.45, 7) is 5.41. The first-order chi connectivity index (χ1) is 9.89. The quantitative estimate of drug-likeness (QED) is 0.801. The number of carbonyl (C=O) groups is 2. The zero-order valence-corrected chi connectivity index (χ0v) is 12.8. The van der Waals surface area contributed by atoms with Crippen LogP contribution in [-0.4, -0.2) is 39.2 Å². The van der Waals surface area contributed by atoms with Crippen LogP contribution in [-0.2, 0) is 9.53 Å². The average molecular weight is 310 g/mol. The van der Waals surface area contributed by atoms with Crippen LogP contribution in [0.1, 0.15) is 31.1 Å². The number of hydrazone groups is 1. The van der Waals surface area contributed by atoms with Crippen LogP contribution >= 0.6 is 11.6 Å². The van der Waals surface area contributed by atoms with Crippen molar-refractivity contribution < 1.29 is 14.3 Å². The first-order valence-corrected chi connectivity index (χ1v) is 6.92. The molecular weight excluding hydrogens is 294 g/mol. The highest BCUT2D eigenvalue weighted by molar-refractivity contribution is 6.67. The van der Waals surface area contributed by atoms with Crippen molar-refractivity contribution in [3.05, 3.63) is 30.1 Å². The lowest BCUT2D eigenvalue weighted by Crippen LogP contribution is -2.49. The van der Waals surface area contributed by atoms with Crippen LogP contribution in [0.5, 0.6) is 0 Å². The highest BCUT2D eigenvalue weighted by Crippen LogP contribution is 2.36. The van der Waals surface area contributed by atoms with E-state index in [1.54, 1.807) is 32.9 Å². The van der Waals surface area contributed by atoms with Crippen molar-refractivity contribution >= 4 is 28.6 Å². The van der Waals surface area contributed by atoms with E-state index in [0.29, 0.717) is 5.56 Å². The summed E-state index contributed by atoms with van der Waals surface area (Å²) < 4.78 is 5.01. The number of rotatable bonds is 3. The number of halogens is 1. The van der Waals surface area contributed by atoms with E-state index in [1.807, 2.05) is 0 Å². The normalized spacial score (nSPS) is 20.1. The van der Waals surface area contributed by atoms with Crippen LogP contribution in [0, 0.1) is 5.92 Å². The second kappa shape index (κ2) is 5.81. The molecule has 0 spiro atoms. The molecule has 1 unspecified atom stereocenters. The van der Waals surface area contributed by atoms with Gasteiger partial charge in [-0.3, -0.25) is 14.6 Å². The lowest BCUT2D eigenvalue weighted by atomic mass is 9.88. The summed E-state index contributed by atoms with van der Waals surface area (Å²) in [5.74, 6) is -1.61. The van der Waals surface area contributed by atoms with Crippen molar-refractivity contribution in [2.45, 2.75) is 26.3 Å². The first kappa shape index (κ1) is 15.4. The van der Waals surface area contributed by atoms with Gasteiger partial charge in [-0.05, 0) is 32.9 Å². The fourth-order valence-electron chi connectivity index (χ4n) is 2.23. The Balaban J connectivity index is 2.31. The van der Waals surface area contributed by atoms with Gasteiger partial charge in [0.15, 0.2) is 0 Å². The molecule has 2 rings (SSSR count). The molecule has 1 aliphatic heterocycles. The van der Waals surface area contributed by atoms with Gasteiger partial charge in [0, 0.05) is 18.0 Å². The minimum absolute atomic E-state index is 0.0563. The summed E-state index contributed by atoms with van der Waals surface area (Å²) in [7, 11) is 0. The predicted molar refractivity (Wildman–Crippen MR) is 77.9 cm³/mol. The second-order valence-electron chi connectivity index (χ2n) is 5.11. The predicted octanol–water partition coefficient (Wildman–Crippen LogP) is 2.05. The Labute approximate surface area is 127 Å². The molecule has 1 aromatic heterocycles. The summed E-state index contributed by atoms with van der Waals surface area (Å²) >= 11 is 6.06. The lowest BCUT2D eigenvalue weighted by molar-refractivity contribution is -0.148. The molecule has 0 saturated carbocycles. The van der Waals surface area contributed by atoms with Gasteiger partial charge in [-0.1, -0.05) is 11.6 Å². The summed E-state index contributed by atoms with van der Waals surface area (Å²) in [4.78, 5) is 28.4. The van der Waals surface area contributed by atoms with E-state index in [9.17, 15) is 9.59 Å². The number of hydrogen-bond donors (Lipinski definition) is 0. The monoisotopic (exact) mass is 309 g/mol. The molecule has 0 bridgehead atoms. The Morgan fingerprint density at radius 2 is 2.00 bits per heavy atom. The van der Waals surface area contributed by atoms with E-state index in [0.717, 1.165) is 0 Å². The number of esters is 1. The molecule has 112 valence electrons. The topological polar surface area (TPSA) is 71.9 Å². The van der Waals surface area contributed by atoms with E-state index in [2.05, 4.69) is 10.1 Å². The van der Waals surface area contributed by atoms with Crippen molar-refractivity contribution in [3.8, 4) is 0 Å². The highest BCUT2D eigenvalue weighted by Gasteiger charge is 2.51. The van der Waals surface area contributed by atoms with Gasteiger partial charge in [0.05, 0.1) is 12.1 Å². The first-order valence-electron chi connectivity index (χ1n) is 6.54. The largest absolute Gasteiger partial charge is 0.465 e. The van der Waals surface area contributed by atoms with E-state index >= 15 is 0 Å². The molecule has 0 aromatic carbocycles. The van der Waals surface area contributed by atoms with Gasteiger partial charge in [0.2, 0.25) is 0 Å². The number of ether oxygens (including phenoxy) is 1.